The van der Waals surface area contributed by atoms with Crippen LogP contribution < -0.4 is 0 Å². The van der Waals surface area contributed by atoms with Gasteiger partial charge in [0, 0.05) is 31.8 Å². The van der Waals surface area contributed by atoms with Crippen molar-refractivity contribution in [2.24, 2.45) is 0 Å². The first-order chi connectivity index (χ1) is 37.9. The van der Waals surface area contributed by atoms with Gasteiger partial charge in [0.15, 0.2) is 23.3 Å². The summed E-state index contributed by atoms with van der Waals surface area (Å²) in [6, 6.07) is 41.1. The lowest BCUT2D eigenvalue weighted by Crippen LogP contribution is -2.07. The standard InChI is InChI=1S/C20H22.C10H12Cl2.C10H13Cl.C10H10F4.C10H14.C8H9F.C2H5F/c1-4-16-7-9-17(10-8-16)11-12-18-13-14-19(5-2)20(6-3)15-18;1-3-7-5-10(12)8(4-2)6-9(7)11;1-3-8-5-6-9(4-2)10(11)7-8;1-3-5-7(11)9(13)6(4-2)10(14)8(5)12;1-3-9-5-7-10(4-2)8-6-9;1-2-7-3-5-8(9)6-4-7;1-2-3/h3,7-10,13-15H,4-5,11-12H2,1-2H3;5-6H,3-4H2,1-2H3;5-7H,3-4H2,1-2H3;3-4H2,1-2H3;5-8H,3-4H2,1-2H3;3-6H,2H2,1H3;2H2,1H3. The van der Waals surface area contributed by atoms with E-state index in [1.54, 1.807) is 12.1 Å². The second-order valence-electron chi connectivity index (χ2n) is 18.2. The minimum Gasteiger partial charge on any atom is -0.251 e. The van der Waals surface area contributed by atoms with E-state index in [2.05, 4.69) is 146 Å². The average Bonchev–Trinajstić information content (AvgIpc) is 3.50. The molecule has 0 atom stereocenters. The van der Waals surface area contributed by atoms with E-state index >= 15 is 0 Å². The fourth-order valence-electron chi connectivity index (χ4n) is 7.79. The van der Waals surface area contributed by atoms with E-state index < -0.39 is 34.4 Å². The predicted octanol–water partition coefficient (Wildman–Crippen LogP) is 21.7. The molecule has 0 bridgehead atoms. The van der Waals surface area contributed by atoms with E-state index in [4.69, 9.17) is 41.2 Å². The zero-order valence-corrected chi connectivity index (χ0v) is 51.2. The highest BCUT2D eigenvalue weighted by Gasteiger charge is 2.23. The Morgan fingerprint density at radius 2 is 0.620 bits per heavy atom. The first kappa shape index (κ1) is 71.6. The number of halogens is 9. The number of hydrogen-bond acceptors (Lipinski definition) is 0. The lowest BCUT2D eigenvalue weighted by Gasteiger charge is -2.08. The van der Waals surface area contributed by atoms with Gasteiger partial charge >= 0.3 is 0 Å². The third kappa shape index (κ3) is 25.3. The second kappa shape index (κ2) is 40.7. The number of aryl methyl sites for hydroxylation is 11. The molecule has 0 nitrogen and oxygen atoms in total. The third-order valence-corrected chi connectivity index (χ3v) is 14.1. The van der Waals surface area contributed by atoms with Crippen LogP contribution in [0.2, 0.25) is 15.1 Å². The largest absolute Gasteiger partial charge is 0.251 e. The van der Waals surface area contributed by atoms with Gasteiger partial charge in [-0.1, -0.05) is 202 Å². The molecule has 0 saturated carbocycles. The smallest absolute Gasteiger partial charge is 0.165 e. The molecule has 0 amide bonds. The predicted molar refractivity (Wildman–Crippen MR) is 330 cm³/mol. The maximum Gasteiger partial charge on any atom is 0.165 e. The van der Waals surface area contributed by atoms with Crippen molar-refractivity contribution >= 4 is 34.8 Å². The lowest BCUT2D eigenvalue weighted by atomic mass is 9.98. The molecular formula is C70H85Cl3F6. The zero-order chi connectivity index (χ0) is 59.5. The molecule has 0 saturated heterocycles. The van der Waals surface area contributed by atoms with Crippen molar-refractivity contribution in [1.82, 2.24) is 0 Å². The molecule has 0 aliphatic heterocycles. The molecule has 0 spiro atoms. The molecule has 0 fully saturated rings. The van der Waals surface area contributed by atoms with Gasteiger partial charge in [-0.15, -0.1) is 6.42 Å². The van der Waals surface area contributed by atoms with E-state index in [1.165, 1.54) is 83.0 Å². The monoisotopic (exact) mass is 1140 g/mol. The molecule has 79 heavy (non-hydrogen) atoms. The van der Waals surface area contributed by atoms with Crippen molar-refractivity contribution in [2.45, 2.75) is 167 Å². The molecule has 7 aromatic rings. The summed E-state index contributed by atoms with van der Waals surface area (Å²) in [4.78, 5) is 0. The van der Waals surface area contributed by atoms with Gasteiger partial charge in [0.25, 0.3) is 0 Å². The molecule has 0 N–H and O–H groups in total. The fraction of sp³-hybridized carbons (Fsp3) is 0.371. The average molecular weight is 1150 g/mol. The van der Waals surface area contributed by atoms with Crippen LogP contribution in [0.1, 0.15) is 161 Å². The number of terminal acetylenes is 1. The highest BCUT2D eigenvalue weighted by molar-refractivity contribution is 6.34. The van der Waals surface area contributed by atoms with Crippen LogP contribution in [-0.4, -0.2) is 6.67 Å². The number of rotatable bonds is 14. The van der Waals surface area contributed by atoms with Gasteiger partial charge in [-0.25, -0.2) is 22.0 Å². The van der Waals surface area contributed by atoms with Crippen LogP contribution in [0.5, 0.6) is 0 Å². The Bertz CT molecular complexity index is 2730. The SMILES string of the molecule is C#Cc1cc(CCc2ccc(CC)cc2)ccc1CC.CCF.CCc1c(F)c(F)c(CC)c(F)c1F.CCc1cc(Cl)c(CC)cc1Cl.CCc1ccc(CC)c(Cl)c1.CCc1ccc(CC)cc1.CCc1ccc(F)cc1. The molecule has 0 unspecified atom stereocenters. The fourth-order valence-corrected chi connectivity index (χ4v) is 8.77. The first-order valence-corrected chi connectivity index (χ1v) is 29.1. The Morgan fingerprint density at radius 3 is 0.937 bits per heavy atom. The molecule has 0 aliphatic rings. The zero-order valence-electron chi connectivity index (χ0n) is 48.9. The molecule has 0 heterocycles. The van der Waals surface area contributed by atoms with Crippen molar-refractivity contribution in [3.63, 3.8) is 0 Å². The summed E-state index contributed by atoms with van der Waals surface area (Å²) in [5.74, 6) is -2.46. The Labute approximate surface area is 487 Å². The third-order valence-electron chi connectivity index (χ3n) is 13.0. The molecule has 0 radical (unpaired) electrons. The Balaban J connectivity index is 0.000000479. The summed E-state index contributed by atoms with van der Waals surface area (Å²) >= 11 is 18.1. The Hall–Kier alpha value is -5.45. The summed E-state index contributed by atoms with van der Waals surface area (Å²) < 4.78 is 74.9. The molecule has 7 aromatic carbocycles. The molecular weight excluding hydrogens is 1060 g/mol. The summed E-state index contributed by atoms with van der Waals surface area (Å²) in [5.41, 5.74) is 14.2. The van der Waals surface area contributed by atoms with Crippen molar-refractivity contribution in [3.8, 4) is 12.3 Å². The topological polar surface area (TPSA) is 0 Å². The summed E-state index contributed by atoms with van der Waals surface area (Å²) in [6.45, 7) is 23.2. The summed E-state index contributed by atoms with van der Waals surface area (Å²) in [7, 11) is 0. The Morgan fingerprint density at radius 1 is 0.329 bits per heavy atom. The number of hydrogen-bond donors (Lipinski definition) is 0. The lowest BCUT2D eigenvalue weighted by molar-refractivity contribution is 0.428. The number of alkyl halides is 1. The van der Waals surface area contributed by atoms with Crippen molar-refractivity contribution in [2.75, 3.05) is 6.67 Å². The van der Waals surface area contributed by atoms with Crippen molar-refractivity contribution in [1.29, 1.82) is 0 Å². The van der Waals surface area contributed by atoms with E-state index in [-0.39, 0.29) is 25.3 Å². The van der Waals surface area contributed by atoms with Crippen molar-refractivity contribution < 1.29 is 26.3 Å². The van der Waals surface area contributed by atoms with Gasteiger partial charge in [-0.3, -0.25) is 4.39 Å². The summed E-state index contributed by atoms with van der Waals surface area (Å²) in [5, 5.41) is 2.57. The minimum absolute atomic E-state index is 0.0739. The van der Waals surface area contributed by atoms with Crippen LogP contribution >= 0.6 is 34.8 Å². The van der Waals surface area contributed by atoms with Gasteiger partial charge in [0.05, 0.1) is 6.67 Å². The first-order valence-electron chi connectivity index (χ1n) is 28.0. The van der Waals surface area contributed by atoms with Gasteiger partial charge in [-0.2, -0.15) is 0 Å². The maximum atomic E-state index is 13.1. The molecule has 9 heteroatoms. The highest BCUT2D eigenvalue weighted by atomic mass is 35.5. The highest BCUT2D eigenvalue weighted by Crippen LogP contribution is 2.27. The number of benzene rings is 7. The van der Waals surface area contributed by atoms with Gasteiger partial charge < -0.3 is 0 Å². The molecule has 0 aliphatic carbocycles. The van der Waals surface area contributed by atoms with Crippen molar-refractivity contribution in [3.05, 3.63) is 243 Å². The van der Waals surface area contributed by atoms with E-state index in [0.29, 0.717) is 0 Å². The molecule has 428 valence electrons. The van der Waals surface area contributed by atoms with Gasteiger partial charge in [-0.05, 0) is 188 Å². The quantitative estimate of drug-likeness (QED) is 0.0578. The van der Waals surface area contributed by atoms with Crippen LogP contribution in [0, 0.1) is 41.4 Å². The van der Waals surface area contributed by atoms with Crippen LogP contribution in [0.25, 0.3) is 0 Å². The molecule has 0 aromatic heterocycles. The van der Waals surface area contributed by atoms with E-state index in [0.717, 1.165) is 102 Å². The normalized spacial score (nSPS) is 10.0. The molecule has 7 rings (SSSR count). The van der Waals surface area contributed by atoms with Crippen LogP contribution in [-0.2, 0) is 83.5 Å². The minimum atomic E-state index is -1.27. The van der Waals surface area contributed by atoms with E-state index in [9.17, 15) is 26.3 Å². The van der Waals surface area contributed by atoms with Crippen LogP contribution in [0.4, 0.5) is 26.3 Å². The van der Waals surface area contributed by atoms with Crippen LogP contribution in [0.15, 0.2) is 121 Å². The van der Waals surface area contributed by atoms with Gasteiger partial charge in [0.2, 0.25) is 0 Å². The Kier molecular flexibility index (Phi) is 36.9. The van der Waals surface area contributed by atoms with Gasteiger partial charge in [0.1, 0.15) is 5.82 Å². The van der Waals surface area contributed by atoms with E-state index in [1.807, 2.05) is 19.1 Å². The second-order valence-corrected chi connectivity index (χ2v) is 19.4. The van der Waals surface area contributed by atoms with Crippen LogP contribution in [0.3, 0.4) is 0 Å². The summed E-state index contributed by atoms with van der Waals surface area (Å²) in [6.07, 6.45) is 16.9. The maximum absolute atomic E-state index is 13.1.